The number of hydrogen-bond donors (Lipinski definition) is 1. The molecular formula is C23H20BrCl3N4O. The van der Waals surface area contributed by atoms with Crippen LogP contribution < -0.4 is 5.43 Å². The average molecular weight is 555 g/mol. The monoisotopic (exact) mass is 552 g/mol. The number of nitrogens with one attached hydrogen (secondary N) is 1. The van der Waals surface area contributed by atoms with E-state index >= 15 is 0 Å². The molecule has 1 saturated carbocycles. The van der Waals surface area contributed by atoms with E-state index in [1.165, 1.54) is 19.3 Å². The van der Waals surface area contributed by atoms with Gasteiger partial charge in [0.25, 0.3) is 5.91 Å². The molecule has 0 bridgehead atoms. The van der Waals surface area contributed by atoms with Gasteiger partial charge in [-0.2, -0.15) is 0 Å². The fourth-order valence-electron chi connectivity index (χ4n) is 4.75. The smallest absolute Gasteiger partial charge is 0.286 e. The summed E-state index contributed by atoms with van der Waals surface area (Å²) in [5, 5.41) is 3.62. The molecule has 3 aromatic rings. The van der Waals surface area contributed by atoms with E-state index in [9.17, 15) is 4.79 Å². The Hall–Kier alpha value is -1.57. The molecule has 2 aliphatic rings. The Morgan fingerprint density at radius 1 is 1.00 bits per heavy atom. The summed E-state index contributed by atoms with van der Waals surface area (Å²) >= 11 is 22.3. The Labute approximate surface area is 209 Å². The van der Waals surface area contributed by atoms with Gasteiger partial charge in [0.05, 0.1) is 5.02 Å². The number of rotatable bonds is 4. The normalized spacial score (nSPS) is 20.5. The van der Waals surface area contributed by atoms with Crippen LogP contribution in [0.25, 0.3) is 17.1 Å². The van der Waals surface area contributed by atoms with E-state index in [0.717, 1.165) is 18.8 Å². The molecule has 0 spiro atoms. The molecule has 2 aromatic carbocycles. The van der Waals surface area contributed by atoms with Crippen LogP contribution in [-0.2, 0) is 0 Å². The van der Waals surface area contributed by atoms with Crippen molar-refractivity contribution >= 4 is 56.6 Å². The number of halogens is 4. The SMILES string of the molecule is O=C(NN1CC2CCCC2C1)c1nc(-c2ccc(Cl)cc2Cl)n(-c2ccc(Cl)cc2)c1Br. The van der Waals surface area contributed by atoms with Crippen molar-refractivity contribution in [3.8, 4) is 17.1 Å². The molecule has 1 aromatic heterocycles. The average Bonchev–Trinajstić information content (AvgIpc) is 3.42. The highest BCUT2D eigenvalue weighted by molar-refractivity contribution is 9.10. The number of nitrogens with zero attached hydrogens (tertiary/aromatic N) is 3. The van der Waals surface area contributed by atoms with Gasteiger partial charge in [0, 0.05) is 34.4 Å². The third-order valence-electron chi connectivity index (χ3n) is 6.28. The Bertz CT molecular complexity index is 1170. The van der Waals surface area contributed by atoms with Crippen LogP contribution in [0.1, 0.15) is 29.8 Å². The lowest BCUT2D eigenvalue weighted by atomic mass is 10.0. The van der Waals surface area contributed by atoms with E-state index in [2.05, 4.69) is 21.4 Å². The van der Waals surface area contributed by atoms with Crippen molar-refractivity contribution in [3.63, 3.8) is 0 Å². The summed E-state index contributed by atoms with van der Waals surface area (Å²) in [5.41, 5.74) is 4.81. The van der Waals surface area contributed by atoms with Gasteiger partial charge in [0.15, 0.2) is 5.69 Å². The van der Waals surface area contributed by atoms with Gasteiger partial charge >= 0.3 is 0 Å². The second-order valence-corrected chi connectivity index (χ2v) is 10.3. The van der Waals surface area contributed by atoms with Crippen molar-refractivity contribution in [2.75, 3.05) is 13.1 Å². The highest BCUT2D eigenvalue weighted by atomic mass is 79.9. The molecule has 9 heteroatoms. The van der Waals surface area contributed by atoms with Crippen molar-refractivity contribution in [2.45, 2.75) is 19.3 Å². The van der Waals surface area contributed by atoms with Crippen LogP contribution in [-0.4, -0.2) is 33.6 Å². The molecule has 2 atom stereocenters. The van der Waals surface area contributed by atoms with Crippen LogP contribution >= 0.6 is 50.7 Å². The summed E-state index contributed by atoms with van der Waals surface area (Å²) < 4.78 is 2.39. The number of carbonyl (C=O) groups excluding carboxylic acids is 1. The molecule has 5 rings (SSSR count). The molecule has 1 amide bonds. The predicted molar refractivity (Wildman–Crippen MR) is 132 cm³/mol. The molecular weight excluding hydrogens is 535 g/mol. The van der Waals surface area contributed by atoms with Crippen molar-refractivity contribution in [1.82, 2.24) is 20.0 Å². The highest BCUT2D eigenvalue weighted by Gasteiger charge is 2.37. The number of hydrazine groups is 1. The lowest BCUT2D eigenvalue weighted by molar-refractivity contribution is 0.0808. The van der Waals surface area contributed by atoms with Crippen LogP contribution in [0.2, 0.25) is 15.1 Å². The standard InChI is InChI=1S/C23H20BrCl3N4O/c24-21-20(23(32)29-30-11-13-2-1-3-14(13)12-30)28-22(18-9-6-16(26)10-19(18)27)31(21)17-7-4-15(25)5-8-17/h4-10,13-14H,1-3,11-12H2,(H,29,32). The second kappa shape index (κ2) is 8.99. The van der Waals surface area contributed by atoms with Gasteiger partial charge in [-0.05, 0) is 83.1 Å². The Kier molecular flexibility index (Phi) is 6.25. The molecule has 1 N–H and O–H groups in total. The third-order valence-corrected chi connectivity index (χ3v) is 7.81. The molecule has 1 saturated heterocycles. The van der Waals surface area contributed by atoms with Crippen molar-refractivity contribution in [1.29, 1.82) is 0 Å². The molecule has 1 aliphatic heterocycles. The fraction of sp³-hybridized carbons (Fsp3) is 0.304. The first-order chi connectivity index (χ1) is 15.4. The van der Waals surface area contributed by atoms with Crippen molar-refractivity contribution < 1.29 is 4.79 Å². The zero-order valence-corrected chi connectivity index (χ0v) is 20.8. The number of aromatic nitrogens is 2. The van der Waals surface area contributed by atoms with E-state index in [4.69, 9.17) is 39.8 Å². The lowest BCUT2D eigenvalue weighted by Crippen LogP contribution is -2.41. The second-order valence-electron chi connectivity index (χ2n) is 8.31. The van der Waals surface area contributed by atoms with E-state index < -0.39 is 0 Å². The first-order valence-electron chi connectivity index (χ1n) is 10.5. The molecule has 166 valence electrons. The first-order valence-corrected chi connectivity index (χ1v) is 12.4. The summed E-state index contributed by atoms with van der Waals surface area (Å²) in [5.74, 6) is 1.63. The van der Waals surface area contributed by atoms with Crippen LogP contribution in [0.3, 0.4) is 0 Å². The number of hydrogen-bond acceptors (Lipinski definition) is 3. The zero-order valence-electron chi connectivity index (χ0n) is 17.0. The van der Waals surface area contributed by atoms with Crippen LogP contribution in [0.4, 0.5) is 0 Å². The predicted octanol–water partition coefficient (Wildman–Crippen LogP) is 6.64. The maximum atomic E-state index is 13.2. The summed E-state index contributed by atoms with van der Waals surface area (Å²) in [6.07, 6.45) is 3.77. The van der Waals surface area contributed by atoms with E-state index in [1.54, 1.807) is 30.3 Å². The zero-order chi connectivity index (χ0) is 22.4. The Balaban J connectivity index is 1.53. The van der Waals surface area contributed by atoms with Crippen LogP contribution in [0.15, 0.2) is 47.1 Å². The minimum Gasteiger partial charge on any atom is -0.286 e. The number of carbonyl (C=O) groups is 1. The summed E-state index contributed by atoms with van der Waals surface area (Å²) in [4.78, 5) is 17.9. The fourth-order valence-corrected chi connectivity index (χ4v) is 6.01. The van der Waals surface area contributed by atoms with Gasteiger partial charge in [0.2, 0.25) is 0 Å². The summed E-state index contributed by atoms with van der Waals surface area (Å²) in [6, 6.07) is 12.5. The molecule has 1 aliphatic carbocycles. The van der Waals surface area contributed by atoms with Crippen LogP contribution in [0.5, 0.6) is 0 Å². The number of amides is 1. The van der Waals surface area contributed by atoms with Crippen LogP contribution in [0, 0.1) is 11.8 Å². The Morgan fingerprint density at radius 2 is 1.66 bits per heavy atom. The minimum atomic E-state index is -0.254. The number of benzene rings is 2. The minimum absolute atomic E-state index is 0.254. The molecule has 2 unspecified atom stereocenters. The van der Waals surface area contributed by atoms with E-state index in [1.807, 2.05) is 21.7 Å². The highest BCUT2D eigenvalue weighted by Crippen LogP contribution is 2.38. The van der Waals surface area contributed by atoms with Gasteiger partial charge in [0.1, 0.15) is 10.4 Å². The van der Waals surface area contributed by atoms with Crippen molar-refractivity contribution in [2.24, 2.45) is 11.8 Å². The summed E-state index contributed by atoms with van der Waals surface area (Å²) in [7, 11) is 0. The van der Waals surface area contributed by atoms with Gasteiger partial charge in [-0.15, -0.1) is 0 Å². The number of imidazole rings is 1. The lowest BCUT2D eigenvalue weighted by Gasteiger charge is -2.17. The van der Waals surface area contributed by atoms with Gasteiger partial charge in [-0.1, -0.05) is 41.2 Å². The molecule has 5 nitrogen and oxygen atoms in total. The van der Waals surface area contributed by atoms with E-state index in [0.29, 0.717) is 42.9 Å². The third kappa shape index (κ3) is 4.19. The van der Waals surface area contributed by atoms with Gasteiger partial charge in [-0.25, -0.2) is 9.99 Å². The molecule has 2 fully saturated rings. The van der Waals surface area contributed by atoms with E-state index in [-0.39, 0.29) is 11.6 Å². The number of fused-ring (bicyclic) bond motifs is 1. The maximum Gasteiger partial charge on any atom is 0.287 e. The quantitative estimate of drug-likeness (QED) is 0.394. The largest absolute Gasteiger partial charge is 0.287 e. The summed E-state index contributed by atoms with van der Waals surface area (Å²) in [6.45, 7) is 1.78. The Morgan fingerprint density at radius 3 is 2.31 bits per heavy atom. The topological polar surface area (TPSA) is 50.2 Å². The maximum absolute atomic E-state index is 13.2. The molecule has 32 heavy (non-hydrogen) atoms. The first kappa shape index (κ1) is 22.2. The van der Waals surface area contributed by atoms with Crippen molar-refractivity contribution in [3.05, 3.63) is 67.8 Å². The molecule has 0 radical (unpaired) electrons. The van der Waals surface area contributed by atoms with Gasteiger partial charge < -0.3 is 0 Å². The molecule has 2 heterocycles. The van der Waals surface area contributed by atoms with Gasteiger partial charge in [-0.3, -0.25) is 14.8 Å².